The van der Waals surface area contributed by atoms with E-state index in [9.17, 15) is 13.2 Å². The van der Waals surface area contributed by atoms with Crippen molar-refractivity contribution in [2.24, 2.45) is 0 Å². The molecule has 1 unspecified atom stereocenters. The highest BCUT2D eigenvalue weighted by molar-refractivity contribution is 7.89. The average Bonchev–Trinajstić information content (AvgIpc) is 3.09. The van der Waals surface area contributed by atoms with Crippen molar-refractivity contribution < 1.29 is 17.9 Å². The molecule has 1 amide bonds. The fourth-order valence-corrected chi connectivity index (χ4v) is 6.03. The smallest absolute Gasteiger partial charge is 0.256 e. The number of hydrogen-bond donors (Lipinski definition) is 0. The van der Waals surface area contributed by atoms with Crippen molar-refractivity contribution in [3.8, 4) is 0 Å². The van der Waals surface area contributed by atoms with Crippen LogP contribution >= 0.6 is 11.6 Å². The number of aryl methyl sites for hydroxylation is 1. The van der Waals surface area contributed by atoms with E-state index < -0.39 is 16.1 Å². The second-order valence-corrected chi connectivity index (χ2v) is 10.1. The molecular formula is C22H25ClN2O4S. The highest BCUT2D eigenvalue weighted by atomic mass is 35.5. The number of amides is 1. The summed E-state index contributed by atoms with van der Waals surface area (Å²) in [7, 11) is -3.57. The van der Waals surface area contributed by atoms with Crippen molar-refractivity contribution >= 4 is 33.2 Å². The Morgan fingerprint density at radius 2 is 1.70 bits per heavy atom. The van der Waals surface area contributed by atoms with Gasteiger partial charge in [-0.2, -0.15) is 4.31 Å². The molecule has 2 saturated heterocycles. The molecule has 160 valence electrons. The zero-order chi connectivity index (χ0) is 21.3. The Balaban J connectivity index is 1.35. The van der Waals surface area contributed by atoms with Crippen LogP contribution < -0.4 is 4.90 Å². The van der Waals surface area contributed by atoms with Crippen LogP contribution in [0.15, 0.2) is 53.4 Å². The van der Waals surface area contributed by atoms with Gasteiger partial charge in [-0.05, 0) is 55.7 Å². The number of halogens is 1. The first-order valence-electron chi connectivity index (χ1n) is 10.1. The van der Waals surface area contributed by atoms with E-state index in [0.29, 0.717) is 49.5 Å². The van der Waals surface area contributed by atoms with Crippen LogP contribution in [0.1, 0.15) is 24.8 Å². The lowest BCUT2D eigenvalue weighted by molar-refractivity contribution is -0.132. The van der Waals surface area contributed by atoms with E-state index in [-0.39, 0.29) is 16.9 Å². The zero-order valence-electron chi connectivity index (χ0n) is 16.8. The lowest BCUT2D eigenvalue weighted by atomic mass is 10.1. The SMILES string of the molecule is Cc1cc(Cl)ccc1S(=O)(=O)N1CCC(OC2CCN(c3ccccc3)C2=O)CC1. The fourth-order valence-electron chi connectivity index (χ4n) is 4.13. The monoisotopic (exact) mass is 448 g/mol. The summed E-state index contributed by atoms with van der Waals surface area (Å²) in [6, 6.07) is 14.4. The highest BCUT2D eigenvalue weighted by Gasteiger charge is 2.37. The van der Waals surface area contributed by atoms with Gasteiger partial charge in [0.15, 0.2) is 0 Å². The molecule has 8 heteroatoms. The molecule has 0 radical (unpaired) electrons. The molecule has 2 aromatic carbocycles. The minimum absolute atomic E-state index is 0.0203. The number of piperidine rings is 1. The Morgan fingerprint density at radius 3 is 2.37 bits per heavy atom. The molecule has 0 saturated carbocycles. The minimum Gasteiger partial charge on any atom is -0.365 e. The Hall–Kier alpha value is -1.93. The maximum atomic E-state index is 13.0. The molecule has 2 aliphatic rings. The van der Waals surface area contributed by atoms with Crippen molar-refractivity contribution in [1.82, 2.24) is 4.31 Å². The number of sulfonamides is 1. The van der Waals surface area contributed by atoms with Gasteiger partial charge in [0.1, 0.15) is 6.10 Å². The second kappa shape index (κ2) is 8.67. The Labute approximate surface area is 182 Å². The van der Waals surface area contributed by atoms with E-state index in [1.54, 1.807) is 30.0 Å². The van der Waals surface area contributed by atoms with Gasteiger partial charge in [0, 0.05) is 36.8 Å². The number of rotatable bonds is 5. The number of hydrogen-bond acceptors (Lipinski definition) is 4. The lowest BCUT2D eigenvalue weighted by Gasteiger charge is -2.32. The quantitative estimate of drug-likeness (QED) is 0.700. The molecule has 0 bridgehead atoms. The molecular weight excluding hydrogens is 424 g/mol. The van der Waals surface area contributed by atoms with Crippen LogP contribution in [0.2, 0.25) is 5.02 Å². The van der Waals surface area contributed by atoms with Crippen LogP contribution in [0.4, 0.5) is 5.69 Å². The normalized spacial score (nSPS) is 21.3. The Morgan fingerprint density at radius 1 is 1.00 bits per heavy atom. The molecule has 0 spiro atoms. The van der Waals surface area contributed by atoms with E-state index in [1.165, 1.54) is 4.31 Å². The second-order valence-electron chi connectivity index (χ2n) is 7.75. The molecule has 1 atom stereocenters. The largest absolute Gasteiger partial charge is 0.365 e. The Bertz CT molecular complexity index is 1020. The first-order valence-corrected chi connectivity index (χ1v) is 12.0. The van der Waals surface area contributed by atoms with Gasteiger partial charge in [0.25, 0.3) is 5.91 Å². The molecule has 30 heavy (non-hydrogen) atoms. The molecule has 4 rings (SSSR count). The van der Waals surface area contributed by atoms with E-state index in [4.69, 9.17) is 16.3 Å². The van der Waals surface area contributed by atoms with Crippen molar-refractivity contribution in [2.75, 3.05) is 24.5 Å². The van der Waals surface area contributed by atoms with Gasteiger partial charge in [0.05, 0.1) is 11.0 Å². The summed E-state index contributed by atoms with van der Waals surface area (Å²) >= 11 is 5.96. The summed E-state index contributed by atoms with van der Waals surface area (Å²) in [6.45, 7) is 3.13. The molecule has 2 aliphatic heterocycles. The predicted octanol–water partition coefficient (Wildman–Crippen LogP) is 3.62. The maximum Gasteiger partial charge on any atom is 0.256 e. The molecule has 2 aromatic rings. The summed E-state index contributed by atoms with van der Waals surface area (Å²) in [6.07, 6.45) is 1.21. The van der Waals surface area contributed by atoms with Crippen LogP contribution in [0.25, 0.3) is 0 Å². The molecule has 0 N–H and O–H groups in total. The number of carbonyl (C=O) groups excluding carboxylic acids is 1. The number of nitrogens with zero attached hydrogens (tertiary/aromatic N) is 2. The highest BCUT2D eigenvalue weighted by Crippen LogP contribution is 2.29. The summed E-state index contributed by atoms with van der Waals surface area (Å²) in [5, 5.41) is 0.518. The fraction of sp³-hybridized carbons (Fsp3) is 0.409. The van der Waals surface area contributed by atoms with Gasteiger partial charge in [0.2, 0.25) is 10.0 Å². The van der Waals surface area contributed by atoms with E-state index in [0.717, 1.165) is 5.69 Å². The number of anilines is 1. The summed E-state index contributed by atoms with van der Waals surface area (Å²) in [5.74, 6) is -0.0203. The van der Waals surface area contributed by atoms with E-state index in [1.807, 2.05) is 30.3 Å². The average molecular weight is 449 g/mol. The van der Waals surface area contributed by atoms with Crippen LogP contribution in [-0.4, -0.2) is 50.5 Å². The number of para-hydroxylation sites is 1. The number of carbonyl (C=O) groups is 1. The third-order valence-electron chi connectivity index (χ3n) is 5.74. The maximum absolute atomic E-state index is 13.0. The van der Waals surface area contributed by atoms with Gasteiger partial charge in [-0.3, -0.25) is 4.79 Å². The molecule has 6 nitrogen and oxygen atoms in total. The molecule has 2 heterocycles. The number of ether oxygens (including phenoxy) is 1. The number of benzene rings is 2. The first kappa shape index (κ1) is 21.3. The Kier molecular flexibility index (Phi) is 6.16. The molecule has 0 aromatic heterocycles. The zero-order valence-corrected chi connectivity index (χ0v) is 18.4. The van der Waals surface area contributed by atoms with Crippen LogP contribution in [-0.2, 0) is 19.6 Å². The third kappa shape index (κ3) is 4.25. The topological polar surface area (TPSA) is 66.9 Å². The van der Waals surface area contributed by atoms with Gasteiger partial charge in [-0.25, -0.2) is 8.42 Å². The third-order valence-corrected chi connectivity index (χ3v) is 8.03. The van der Waals surface area contributed by atoms with Gasteiger partial charge in [-0.1, -0.05) is 29.8 Å². The van der Waals surface area contributed by atoms with Crippen molar-refractivity contribution in [3.63, 3.8) is 0 Å². The van der Waals surface area contributed by atoms with Crippen molar-refractivity contribution in [3.05, 3.63) is 59.1 Å². The van der Waals surface area contributed by atoms with Gasteiger partial charge >= 0.3 is 0 Å². The molecule has 0 aliphatic carbocycles. The summed E-state index contributed by atoms with van der Waals surface area (Å²) < 4.78 is 33.6. The summed E-state index contributed by atoms with van der Waals surface area (Å²) in [5.41, 5.74) is 1.52. The minimum atomic E-state index is -3.57. The standard InChI is InChI=1S/C22H25ClN2O4S/c1-16-15-17(23)7-8-21(16)30(27,28)24-12-9-19(10-13-24)29-20-11-14-25(22(20)26)18-5-3-2-4-6-18/h2-8,15,19-20H,9-14H2,1H3. The molecule has 2 fully saturated rings. The summed E-state index contributed by atoms with van der Waals surface area (Å²) in [4.78, 5) is 14.8. The van der Waals surface area contributed by atoms with Crippen LogP contribution in [0, 0.1) is 6.92 Å². The van der Waals surface area contributed by atoms with Crippen LogP contribution in [0.5, 0.6) is 0 Å². The van der Waals surface area contributed by atoms with Crippen molar-refractivity contribution in [2.45, 2.75) is 43.3 Å². The van der Waals surface area contributed by atoms with E-state index in [2.05, 4.69) is 0 Å². The van der Waals surface area contributed by atoms with E-state index >= 15 is 0 Å². The first-order chi connectivity index (χ1) is 14.4. The van der Waals surface area contributed by atoms with Crippen LogP contribution in [0.3, 0.4) is 0 Å². The lowest BCUT2D eigenvalue weighted by Crippen LogP contribution is -2.43. The van der Waals surface area contributed by atoms with Gasteiger partial charge in [-0.15, -0.1) is 0 Å². The van der Waals surface area contributed by atoms with Crippen molar-refractivity contribution in [1.29, 1.82) is 0 Å². The predicted molar refractivity (Wildman–Crippen MR) is 116 cm³/mol. The van der Waals surface area contributed by atoms with Gasteiger partial charge < -0.3 is 9.64 Å².